The minimum absolute atomic E-state index is 0.0860. The van der Waals surface area contributed by atoms with Crippen LogP contribution in [0.5, 0.6) is 0 Å². The Bertz CT molecular complexity index is 1550. The van der Waals surface area contributed by atoms with E-state index in [0.717, 1.165) is 16.7 Å². The third-order valence-corrected chi connectivity index (χ3v) is 8.09. The van der Waals surface area contributed by atoms with Gasteiger partial charge in [-0.2, -0.15) is 0 Å². The van der Waals surface area contributed by atoms with Gasteiger partial charge in [0, 0.05) is 23.5 Å². The molecule has 1 fully saturated rings. The summed E-state index contributed by atoms with van der Waals surface area (Å²) < 4.78 is 0. The quantitative estimate of drug-likeness (QED) is 0.330. The zero-order chi connectivity index (χ0) is 26.4. The largest absolute Gasteiger partial charge is 0.478 e. The average molecular weight is 501 g/mol. The van der Waals surface area contributed by atoms with Crippen LogP contribution in [-0.4, -0.2) is 28.4 Å². The van der Waals surface area contributed by atoms with Gasteiger partial charge in [0.25, 0.3) is 0 Å². The SMILES string of the molecule is O=C(O)c1ccc(-c2ccc([C@@H]3CCC(=O)[C@H](c4ccccc4)C34C(=O)c3ccccc3C4=O)cc2)cc1. The summed E-state index contributed by atoms with van der Waals surface area (Å²) in [7, 11) is 0. The van der Waals surface area contributed by atoms with Crippen LogP contribution in [0.4, 0.5) is 0 Å². The molecular weight excluding hydrogens is 476 g/mol. The Labute approximate surface area is 219 Å². The normalized spacial score (nSPS) is 19.9. The minimum Gasteiger partial charge on any atom is -0.478 e. The van der Waals surface area contributed by atoms with Crippen molar-refractivity contribution < 1.29 is 24.3 Å². The zero-order valence-corrected chi connectivity index (χ0v) is 20.5. The highest BCUT2D eigenvalue weighted by Crippen LogP contribution is 2.59. The van der Waals surface area contributed by atoms with Gasteiger partial charge in [-0.15, -0.1) is 0 Å². The van der Waals surface area contributed by atoms with E-state index in [2.05, 4.69) is 0 Å². The molecule has 5 nitrogen and oxygen atoms in total. The highest BCUT2D eigenvalue weighted by molar-refractivity contribution is 6.32. The van der Waals surface area contributed by atoms with Gasteiger partial charge >= 0.3 is 5.97 Å². The Hall–Kier alpha value is -4.64. The first-order valence-electron chi connectivity index (χ1n) is 12.6. The maximum absolute atomic E-state index is 14.3. The third-order valence-electron chi connectivity index (χ3n) is 8.09. The van der Waals surface area contributed by atoms with Gasteiger partial charge < -0.3 is 5.11 Å². The molecule has 0 unspecified atom stereocenters. The lowest BCUT2D eigenvalue weighted by Crippen LogP contribution is -2.50. The molecule has 6 rings (SSSR count). The Kier molecular flexibility index (Phi) is 5.64. The van der Waals surface area contributed by atoms with E-state index in [1.165, 1.54) is 0 Å². The van der Waals surface area contributed by atoms with Gasteiger partial charge in [-0.25, -0.2) is 4.79 Å². The summed E-state index contributed by atoms with van der Waals surface area (Å²) in [6.45, 7) is 0. The van der Waals surface area contributed by atoms with E-state index in [0.29, 0.717) is 23.1 Å². The van der Waals surface area contributed by atoms with Crippen molar-refractivity contribution in [1.29, 1.82) is 0 Å². The molecule has 0 amide bonds. The number of aromatic carboxylic acids is 1. The second-order valence-electron chi connectivity index (χ2n) is 9.98. The fourth-order valence-corrected chi connectivity index (χ4v) is 6.36. The van der Waals surface area contributed by atoms with Gasteiger partial charge in [0.15, 0.2) is 11.6 Å². The molecule has 186 valence electrons. The molecule has 1 N–H and O–H groups in total. The minimum atomic E-state index is -1.54. The molecule has 0 heterocycles. The summed E-state index contributed by atoms with van der Waals surface area (Å²) >= 11 is 0. The van der Waals surface area contributed by atoms with E-state index in [4.69, 9.17) is 0 Å². The predicted molar refractivity (Wildman–Crippen MR) is 143 cm³/mol. The summed E-state index contributed by atoms with van der Waals surface area (Å²) in [4.78, 5) is 53.2. The van der Waals surface area contributed by atoms with E-state index in [1.807, 2.05) is 54.6 Å². The van der Waals surface area contributed by atoms with Crippen molar-refractivity contribution in [3.8, 4) is 11.1 Å². The Morgan fingerprint density at radius 1 is 0.658 bits per heavy atom. The van der Waals surface area contributed by atoms with Gasteiger partial charge in [0.1, 0.15) is 11.2 Å². The second kappa shape index (κ2) is 9.03. The first-order chi connectivity index (χ1) is 18.4. The number of benzene rings is 4. The maximum atomic E-state index is 14.3. The third kappa shape index (κ3) is 3.46. The van der Waals surface area contributed by atoms with Crippen LogP contribution < -0.4 is 0 Å². The molecule has 2 aliphatic carbocycles. The topological polar surface area (TPSA) is 88.5 Å². The molecule has 4 aromatic rings. The Morgan fingerprint density at radius 3 is 1.74 bits per heavy atom. The van der Waals surface area contributed by atoms with Gasteiger partial charge in [0.05, 0.1) is 11.5 Å². The van der Waals surface area contributed by atoms with E-state index in [1.54, 1.807) is 48.5 Å². The molecular formula is C33H24O5. The predicted octanol–water partition coefficient (Wildman–Crippen LogP) is 6.35. The number of carbonyl (C=O) groups excluding carboxylic acids is 3. The molecule has 2 aliphatic rings. The second-order valence-corrected chi connectivity index (χ2v) is 9.98. The summed E-state index contributed by atoms with van der Waals surface area (Å²) in [5.41, 5.74) is 2.71. The average Bonchev–Trinajstić information content (AvgIpc) is 3.17. The lowest BCUT2D eigenvalue weighted by atomic mass is 9.53. The van der Waals surface area contributed by atoms with Crippen molar-refractivity contribution in [2.24, 2.45) is 5.41 Å². The van der Waals surface area contributed by atoms with E-state index < -0.39 is 23.2 Å². The number of Topliss-reactive ketones (excluding diaryl/α,β-unsaturated/α-hetero) is 3. The number of fused-ring (bicyclic) bond motifs is 1. The molecule has 0 aromatic heterocycles. The van der Waals surface area contributed by atoms with Crippen LogP contribution in [0.25, 0.3) is 11.1 Å². The summed E-state index contributed by atoms with van der Waals surface area (Å²) in [5, 5.41) is 9.18. The molecule has 1 saturated carbocycles. The van der Waals surface area contributed by atoms with Gasteiger partial charge in [0.2, 0.25) is 0 Å². The maximum Gasteiger partial charge on any atom is 0.335 e. The highest BCUT2D eigenvalue weighted by Gasteiger charge is 2.65. The molecule has 1 spiro atoms. The van der Waals surface area contributed by atoms with Crippen LogP contribution in [0.3, 0.4) is 0 Å². The van der Waals surface area contributed by atoms with Gasteiger partial charge in [-0.3, -0.25) is 14.4 Å². The number of carbonyl (C=O) groups is 4. The van der Waals surface area contributed by atoms with Crippen molar-refractivity contribution in [1.82, 2.24) is 0 Å². The highest BCUT2D eigenvalue weighted by atomic mass is 16.4. The number of carboxylic acid groups (broad SMARTS) is 1. The summed E-state index contributed by atoms with van der Waals surface area (Å²) in [6.07, 6.45) is 0.682. The molecule has 0 radical (unpaired) electrons. The van der Waals surface area contributed by atoms with Crippen LogP contribution in [0.2, 0.25) is 0 Å². The van der Waals surface area contributed by atoms with Crippen molar-refractivity contribution in [2.75, 3.05) is 0 Å². The molecule has 0 bridgehead atoms. The fraction of sp³-hybridized carbons (Fsp3) is 0.152. The van der Waals surface area contributed by atoms with Crippen molar-refractivity contribution in [2.45, 2.75) is 24.7 Å². The molecule has 38 heavy (non-hydrogen) atoms. The molecule has 0 aliphatic heterocycles. The van der Waals surface area contributed by atoms with Crippen LogP contribution in [-0.2, 0) is 4.79 Å². The van der Waals surface area contributed by atoms with Crippen LogP contribution in [0, 0.1) is 5.41 Å². The summed E-state index contributed by atoms with van der Waals surface area (Å²) in [6, 6.07) is 30.4. The lowest BCUT2D eigenvalue weighted by Gasteiger charge is -2.44. The smallest absolute Gasteiger partial charge is 0.335 e. The standard InChI is InChI=1S/C33H24O5/c34-28-19-18-27(22-14-10-20(11-15-22)21-12-16-24(17-13-21)32(37)38)33(29(28)23-6-2-1-3-7-23)30(35)25-8-4-5-9-26(25)31(33)36/h1-17,27,29H,18-19H2,(H,37,38)/t27-,29-/m0/s1. The van der Waals surface area contributed by atoms with E-state index in [-0.39, 0.29) is 29.3 Å². The van der Waals surface area contributed by atoms with Gasteiger partial charge in [-0.1, -0.05) is 91.0 Å². The Balaban J connectivity index is 1.48. The van der Waals surface area contributed by atoms with Crippen LogP contribution >= 0.6 is 0 Å². The molecule has 5 heteroatoms. The van der Waals surface area contributed by atoms with E-state index in [9.17, 15) is 24.3 Å². The fourth-order valence-electron chi connectivity index (χ4n) is 6.36. The Morgan fingerprint density at radius 2 is 1.18 bits per heavy atom. The number of ketones is 3. The number of rotatable bonds is 4. The number of hydrogen-bond acceptors (Lipinski definition) is 4. The zero-order valence-electron chi connectivity index (χ0n) is 20.5. The first-order valence-corrected chi connectivity index (χ1v) is 12.6. The van der Waals surface area contributed by atoms with Crippen molar-refractivity contribution in [3.63, 3.8) is 0 Å². The number of hydrogen-bond donors (Lipinski definition) is 1. The lowest BCUT2D eigenvalue weighted by molar-refractivity contribution is -0.125. The first kappa shape index (κ1) is 23.7. The summed E-state index contributed by atoms with van der Waals surface area (Å²) in [5.74, 6) is -2.96. The van der Waals surface area contributed by atoms with Crippen LogP contribution in [0.1, 0.15) is 66.9 Å². The number of carboxylic acids is 1. The van der Waals surface area contributed by atoms with Crippen molar-refractivity contribution in [3.05, 3.63) is 131 Å². The molecule has 2 atom stereocenters. The molecule has 0 saturated heterocycles. The van der Waals surface area contributed by atoms with Crippen LogP contribution in [0.15, 0.2) is 103 Å². The van der Waals surface area contributed by atoms with Crippen molar-refractivity contribution >= 4 is 23.3 Å². The molecule has 4 aromatic carbocycles. The van der Waals surface area contributed by atoms with E-state index >= 15 is 0 Å². The monoisotopic (exact) mass is 500 g/mol. The van der Waals surface area contributed by atoms with Gasteiger partial charge in [-0.05, 0) is 40.8 Å².